The van der Waals surface area contributed by atoms with Crippen molar-refractivity contribution in [1.29, 1.82) is 0 Å². The molecule has 6 nitrogen and oxygen atoms in total. The van der Waals surface area contributed by atoms with Crippen LogP contribution in [0.2, 0.25) is 0 Å². The van der Waals surface area contributed by atoms with Gasteiger partial charge >= 0.3 is 0 Å². The number of anilines is 3. The molecule has 0 unspecified atom stereocenters. The van der Waals surface area contributed by atoms with Gasteiger partial charge in [0.1, 0.15) is 5.82 Å². The van der Waals surface area contributed by atoms with E-state index in [4.69, 9.17) is 4.74 Å². The summed E-state index contributed by atoms with van der Waals surface area (Å²) in [7, 11) is -3.46. The Balaban J connectivity index is 1.61. The first kappa shape index (κ1) is 23.3. The predicted molar refractivity (Wildman–Crippen MR) is 125 cm³/mol. The summed E-state index contributed by atoms with van der Waals surface area (Å²) in [5.41, 5.74) is 2.75. The van der Waals surface area contributed by atoms with E-state index in [1.165, 1.54) is 6.07 Å². The average Bonchev–Trinajstić information content (AvgIpc) is 2.65. The van der Waals surface area contributed by atoms with Gasteiger partial charge in [-0.25, -0.2) is 12.8 Å². The molecular weight excluding hydrogens is 417 g/mol. The lowest BCUT2D eigenvalue weighted by Gasteiger charge is -2.37. The molecule has 170 valence electrons. The lowest BCUT2D eigenvalue weighted by molar-refractivity contribution is -0.00539. The third-order valence-electron chi connectivity index (χ3n) is 5.22. The van der Waals surface area contributed by atoms with Crippen LogP contribution in [0.4, 0.5) is 21.5 Å². The minimum absolute atomic E-state index is 0.0665. The fourth-order valence-corrected chi connectivity index (χ4v) is 4.20. The van der Waals surface area contributed by atoms with E-state index in [9.17, 15) is 12.8 Å². The lowest BCUT2D eigenvalue weighted by Crippen LogP contribution is -2.45. The highest BCUT2D eigenvalue weighted by Gasteiger charge is 2.28. The quantitative estimate of drug-likeness (QED) is 0.675. The maximum Gasteiger partial charge on any atom is 0.237 e. The van der Waals surface area contributed by atoms with Crippen molar-refractivity contribution in [3.05, 3.63) is 53.8 Å². The van der Waals surface area contributed by atoms with Gasteiger partial charge in [-0.15, -0.1) is 0 Å². The van der Waals surface area contributed by atoms with Crippen molar-refractivity contribution in [2.24, 2.45) is 0 Å². The van der Waals surface area contributed by atoms with Crippen molar-refractivity contribution < 1.29 is 17.5 Å². The fraction of sp³-hybridized carbons (Fsp3) is 0.478. The van der Waals surface area contributed by atoms with E-state index in [1.54, 1.807) is 39.0 Å². The van der Waals surface area contributed by atoms with Crippen LogP contribution in [0.5, 0.6) is 0 Å². The van der Waals surface area contributed by atoms with Crippen LogP contribution in [0.25, 0.3) is 0 Å². The first-order valence-corrected chi connectivity index (χ1v) is 12.0. The normalized spacial score (nSPS) is 19.9. The molecule has 0 amide bonds. The molecule has 3 rings (SSSR count). The van der Waals surface area contributed by atoms with Crippen molar-refractivity contribution in [3.8, 4) is 0 Å². The van der Waals surface area contributed by atoms with E-state index in [1.807, 2.05) is 36.9 Å². The minimum atomic E-state index is -3.46. The molecule has 0 bridgehead atoms. The summed E-state index contributed by atoms with van der Waals surface area (Å²) in [6.07, 6.45) is 0.133. The van der Waals surface area contributed by atoms with Gasteiger partial charge in [0.05, 0.1) is 22.6 Å². The maximum atomic E-state index is 14.7. The SMILES string of the molecule is C[C@@H]1CN(c2ccc(NCc3ccc(NS(=O)(=O)C(C)(C)C)cc3)cc2F)C[C@H](C)O1. The topological polar surface area (TPSA) is 70.7 Å². The lowest BCUT2D eigenvalue weighted by atomic mass is 10.1. The third-order valence-corrected chi connectivity index (χ3v) is 7.33. The second-order valence-electron chi connectivity index (χ2n) is 9.10. The third kappa shape index (κ3) is 5.89. The highest BCUT2D eigenvalue weighted by atomic mass is 32.2. The van der Waals surface area contributed by atoms with Gasteiger partial charge in [-0.05, 0) is 70.5 Å². The van der Waals surface area contributed by atoms with Crippen LogP contribution in [0.15, 0.2) is 42.5 Å². The highest BCUT2D eigenvalue weighted by Crippen LogP contribution is 2.26. The van der Waals surface area contributed by atoms with Gasteiger partial charge in [0.15, 0.2) is 0 Å². The average molecular weight is 450 g/mol. The van der Waals surface area contributed by atoms with Crippen LogP contribution < -0.4 is 14.9 Å². The van der Waals surface area contributed by atoms with Gasteiger partial charge < -0.3 is 15.0 Å². The largest absolute Gasteiger partial charge is 0.381 e. The van der Waals surface area contributed by atoms with E-state index in [2.05, 4.69) is 10.0 Å². The molecule has 1 fully saturated rings. The van der Waals surface area contributed by atoms with E-state index in [-0.39, 0.29) is 18.0 Å². The molecule has 31 heavy (non-hydrogen) atoms. The number of hydrogen-bond donors (Lipinski definition) is 2. The van der Waals surface area contributed by atoms with Crippen LogP contribution in [-0.2, 0) is 21.3 Å². The molecule has 1 aliphatic heterocycles. The van der Waals surface area contributed by atoms with E-state index < -0.39 is 14.8 Å². The van der Waals surface area contributed by atoms with E-state index in [0.29, 0.717) is 36.7 Å². The summed E-state index contributed by atoms with van der Waals surface area (Å²) in [5, 5.41) is 3.22. The zero-order valence-corrected chi connectivity index (χ0v) is 19.6. The number of benzene rings is 2. The molecule has 8 heteroatoms. The van der Waals surface area contributed by atoms with Gasteiger partial charge in [0.2, 0.25) is 10.0 Å². The molecule has 2 aromatic carbocycles. The molecule has 0 saturated carbocycles. The second-order valence-corrected chi connectivity index (χ2v) is 11.5. The monoisotopic (exact) mass is 449 g/mol. The molecule has 2 atom stereocenters. The summed E-state index contributed by atoms with van der Waals surface area (Å²) >= 11 is 0. The molecule has 0 aromatic heterocycles. The number of sulfonamides is 1. The number of ether oxygens (including phenoxy) is 1. The van der Waals surface area contributed by atoms with E-state index in [0.717, 1.165) is 5.56 Å². The summed E-state index contributed by atoms with van der Waals surface area (Å²) in [5.74, 6) is -0.266. The molecule has 0 spiro atoms. The smallest absolute Gasteiger partial charge is 0.237 e. The summed E-state index contributed by atoms with van der Waals surface area (Å²) in [6, 6.07) is 12.3. The zero-order valence-electron chi connectivity index (χ0n) is 18.8. The molecule has 0 radical (unpaired) electrons. The Labute approximate surface area is 184 Å². The van der Waals surface area contributed by atoms with E-state index >= 15 is 0 Å². The van der Waals surface area contributed by atoms with Crippen LogP contribution in [-0.4, -0.2) is 38.5 Å². The van der Waals surface area contributed by atoms with Gasteiger partial charge in [-0.2, -0.15) is 0 Å². The van der Waals surface area contributed by atoms with Crippen molar-refractivity contribution in [2.45, 2.75) is 58.1 Å². The molecule has 2 N–H and O–H groups in total. The minimum Gasteiger partial charge on any atom is -0.381 e. The van der Waals surface area contributed by atoms with Crippen LogP contribution in [0, 0.1) is 5.82 Å². The number of rotatable bonds is 6. The van der Waals surface area contributed by atoms with Crippen molar-refractivity contribution in [3.63, 3.8) is 0 Å². The summed E-state index contributed by atoms with van der Waals surface area (Å²) < 4.78 is 46.7. The Morgan fingerprint density at radius 1 is 1.03 bits per heavy atom. The van der Waals surface area contributed by atoms with Crippen molar-refractivity contribution in [2.75, 3.05) is 28.0 Å². The Hall–Kier alpha value is -2.32. The predicted octanol–water partition coefficient (Wildman–Crippen LogP) is 4.59. The number of halogens is 1. The van der Waals surface area contributed by atoms with Crippen LogP contribution in [0.3, 0.4) is 0 Å². The molecule has 1 heterocycles. The van der Waals surface area contributed by atoms with Gasteiger partial charge in [0.25, 0.3) is 0 Å². The maximum absolute atomic E-state index is 14.7. The number of nitrogens with zero attached hydrogens (tertiary/aromatic N) is 1. The fourth-order valence-electron chi connectivity index (χ4n) is 3.45. The number of morpholine rings is 1. The Kier molecular flexibility index (Phi) is 6.81. The van der Waals surface area contributed by atoms with Gasteiger partial charge in [-0.1, -0.05) is 12.1 Å². The van der Waals surface area contributed by atoms with Crippen LogP contribution in [0.1, 0.15) is 40.2 Å². The Bertz CT molecular complexity index is 994. The second kappa shape index (κ2) is 9.04. The van der Waals surface area contributed by atoms with Gasteiger partial charge in [0, 0.05) is 31.0 Å². The van der Waals surface area contributed by atoms with Gasteiger partial charge in [-0.3, -0.25) is 4.72 Å². The molecular formula is C23H32FN3O3S. The standard InChI is InChI=1S/C23H32FN3O3S/c1-16-14-27(15-17(2)30-16)22-11-10-20(12-21(22)24)25-13-18-6-8-19(9-7-18)26-31(28,29)23(3,4)5/h6-12,16-17,25-26H,13-15H2,1-5H3/t16-,17+. The molecule has 0 aliphatic carbocycles. The zero-order chi connectivity index (χ0) is 22.8. The first-order valence-electron chi connectivity index (χ1n) is 10.5. The Morgan fingerprint density at radius 2 is 1.61 bits per heavy atom. The number of nitrogens with one attached hydrogen (secondary N) is 2. The number of hydrogen-bond acceptors (Lipinski definition) is 5. The highest BCUT2D eigenvalue weighted by molar-refractivity contribution is 7.94. The first-order chi connectivity index (χ1) is 14.4. The molecule has 2 aromatic rings. The molecule has 1 aliphatic rings. The summed E-state index contributed by atoms with van der Waals surface area (Å²) in [6.45, 7) is 10.8. The van der Waals surface area contributed by atoms with Crippen molar-refractivity contribution in [1.82, 2.24) is 0 Å². The summed E-state index contributed by atoms with van der Waals surface area (Å²) in [4.78, 5) is 2.02. The van der Waals surface area contributed by atoms with Crippen LogP contribution >= 0.6 is 0 Å². The molecule has 1 saturated heterocycles. The van der Waals surface area contributed by atoms with Crippen molar-refractivity contribution >= 4 is 27.1 Å². The Morgan fingerprint density at radius 3 is 2.16 bits per heavy atom.